The van der Waals surface area contributed by atoms with E-state index in [4.69, 9.17) is 0 Å². The molecule has 0 spiro atoms. The van der Waals surface area contributed by atoms with Gasteiger partial charge in [0.25, 0.3) is 0 Å². The van der Waals surface area contributed by atoms with Crippen molar-refractivity contribution in [3.63, 3.8) is 0 Å². The lowest BCUT2D eigenvalue weighted by molar-refractivity contribution is 0.397. The van der Waals surface area contributed by atoms with Crippen molar-refractivity contribution in [2.75, 3.05) is 18.0 Å². The highest BCUT2D eigenvalue weighted by atomic mass is 15.3. The number of nitrogens with zero attached hydrogens (tertiary/aromatic N) is 3. The van der Waals surface area contributed by atoms with Crippen LogP contribution in [0.4, 0.5) is 5.82 Å². The van der Waals surface area contributed by atoms with Gasteiger partial charge in [-0.05, 0) is 51.3 Å². The number of nitrogens with one attached hydrogen (secondary N) is 1. The van der Waals surface area contributed by atoms with E-state index < -0.39 is 0 Å². The molecule has 4 heteroatoms. The average Bonchev–Trinajstić information content (AvgIpc) is 3.23. The van der Waals surface area contributed by atoms with E-state index >= 15 is 0 Å². The maximum absolute atomic E-state index is 4.35. The van der Waals surface area contributed by atoms with E-state index in [1.165, 1.54) is 38.6 Å². The molecule has 1 aliphatic heterocycles. The Morgan fingerprint density at radius 1 is 1.22 bits per heavy atom. The van der Waals surface area contributed by atoms with Crippen LogP contribution in [-0.2, 0) is 0 Å². The monoisotopic (exact) mass is 246 g/mol. The summed E-state index contributed by atoms with van der Waals surface area (Å²) in [4.78, 5) is 2.45. The summed E-state index contributed by atoms with van der Waals surface area (Å²) in [5.41, 5.74) is 0.991. The van der Waals surface area contributed by atoms with Gasteiger partial charge in [0.15, 0.2) is 5.82 Å². The lowest BCUT2D eigenvalue weighted by Gasteiger charge is -2.31. The number of hydrogen-bond donors (Lipinski definition) is 1. The summed E-state index contributed by atoms with van der Waals surface area (Å²) >= 11 is 0. The predicted octanol–water partition coefficient (Wildman–Crippen LogP) is 1.90. The molecule has 98 valence electrons. The van der Waals surface area contributed by atoms with Crippen LogP contribution in [0.5, 0.6) is 0 Å². The minimum atomic E-state index is 0.627. The molecule has 1 unspecified atom stereocenters. The number of anilines is 1. The Bertz CT molecular complexity index is 379. The maximum Gasteiger partial charge on any atom is 0.151 e. The van der Waals surface area contributed by atoms with Crippen LogP contribution >= 0.6 is 0 Å². The fourth-order valence-electron chi connectivity index (χ4n) is 2.68. The van der Waals surface area contributed by atoms with Gasteiger partial charge in [-0.1, -0.05) is 6.42 Å². The molecule has 2 fully saturated rings. The summed E-state index contributed by atoms with van der Waals surface area (Å²) in [6.07, 6.45) is 6.59. The molecule has 1 saturated carbocycles. The van der Waals surface area contributed by atoms with Crippen LogP contribution in [-0.4, -0.2) is 35.4 Å². The molecule has 3 rings (SSSR count). The van der Waals surface area contributed by atoms with Crippen molar-refractivity contribution in [3.8, 4) is 0 Å². The van der Waals surface area contributed by atoms with Gasteiger partial charge in [0.1, 0.15) is 0 Å². The van der Waals surface area contributed by atoms with Crippen LogP contribution in [0.15, 0.2) is 12.1 Å². The number of hydrogen-bond acceptors (Lipinski definition) is 4. The first-order chi connectivity index (χ1) is 8.83. The summed E-state index contributed by atoms with van der Waals surface area (Å²) in [5, 5.41) is 12.2. The van der Waals surface area contributed by atoms with Crippen LogP contribution < -0.4 is 10.2 Å². The Kier molecular flexibility index (Phi) is 3.46. The van der Waals surface area contributed by atoms with Gasteiger partial charge in [0.05, 0.1) is 5.69 Å². The highest BCUT2D eigenvalue weighted by molar-refractivity contribution is 5.40. The van der Waals surface area contributed by atoms with Crippen molar-refractivity contribution in [2.24, 2.45) is 0 Å². The molecule has 0 radical (unpaired) electrons. The quantitative estimate of drug-likeness (QED) is 0.881. The fourth-order valence-corrected chi connectivity index (χ4v) is 2.68. The van der Waals surface area contributed by atoms with E-state index in [0.29, 0.717) is 12.1 Å². The molecule has 1 aromatic rings. The van der Waals surface area contributed by atoms with E-state index in [-0.39, 0.29) is 0 Å². The molecule has 0 aromatic carbocycles. The van der Waals surface area contributed by atoms with Crippen molar-refractivity contribution in [1.82, 2.24) is 15.5 Å². The molecule has 1 aliphatic carbocycles. The first-order valence-electron chi connectivity index (χ1n) is 7.13. The summed E-state index contributed by atoms with van der Waals surface area (Å²) in [6, 6.07) is 5.50. The van der Waals surface area contributed by atoms with Crippen LogP contribution in [0.3, 0.4) is 0 Å². The van der Waals surface area contributed by atoms with Gasteiger partial charge in [0.2, 0.25) is 0 Å². The van der Waals surface area contributed by atoms with Gasteiger partial charge in [-0.15, -0.1) is 5.10 Å². The van der Waals surface area contributed by atoms with Crippen LogP contribution in [0, 0.1) is 6.92 Å². The Morgan fingerprint density at radius 3 is 2.72 bits per heavy atom. The minimum absolute atomic E-state index is 0.627. The molecule has 2 aliphatic rings. The van der Waals surface area contributed by atoms with Gasteiger partial charge in [-0.2, -0.15) is 5.10 Å². The second-order valence-electron chi connectivity index (χ2n) is 5.56. The molecule has 2 heterocycles. The lowest BCUT2D eigenvalue weighted by Crippen LogP contribution is -2.44. The van der Waals surface area contributed by atoms with Crippen molar-refractivity contribution >= 4 is 5.82 Å². The van der Waals surface area contributed by atoms with Crippen molar-refractivity contribution in [1.29, 1.82) is 0 Å². The molecule has 18 heavy (non-hydrogen) atoms. The van der Waals surface area contributed by atoms with Gasteiger partial charge in [0, 0.05) is 18.6 Å². The van der Waals surface area contributed by atoms with Gasteiger partial charge < -0.3 is 10.2 Å². The van der Waals surface area contributed by atoms with Crippen LogP contribution in [0.25, 0.3) is 0 Å². The molecule has 0 bridgehead atoms. The molecule has 1 aromatic heterocycles. The first kappa shape index (κ1) is 11.9. The number of aromatic nitrogens is 2. The molecule has 1 N–H and O–H groups in total. The zero-order chi connectivity index (χ0) is 12.4. The molecule has 1 saturated heterocycles. The highest BCUT2D eigenvalue weighted by Crippen LogP contribution is 2.31. The van der Waals surface area contributed by atoms with Crippen molar-refractivity contribution in [2.45, 2.75) is 51.1 Å². The highest BCUT2D eigenvalue weighted by Gasteiger charge is 2.32. The van der Waals surface area contributed by atoms with E-state index in [2.05, 4.69) is 32.5 Å². The zero-order valence-electron chi connectivity index (χ0n) is 11.1. The largest absolute Gasteiger partial charge is 0.351 e. The molecule has 4 nitrogen and oxygen atoms in total. The standard InChI is InChI=1S/C14H22N4/c1-11-5-8-14(17-16-11)18(13-6-7-13)10-12-4-2-3-9-15-12/h5,8,12-13,15H,2-4,6-7,9-10H2,1H3. The number of piperidine rings is 1. The van der Waals surface area contributed by atoms with Crippen molar-refractivity contribution < 1.29 is 0 Å². The van der Waals surface area contributed by atoms with Gasteiger partial charge in [-0.25, -0.2) is 0 Å². The number of aryl methyl sites for hydroxylation is 1. The Hall–Kier alpha value is -1.16. The minimum Gasteiger partial charge on any atom is -0.351 e. The second kappa shape index (κ2) is 5.22. The van der Waals surface area contributed by atoms with E-state index in [1.54, 1.807) is 0 Å². The second-order valence-corrected chi connectivity index (χ2v) is 5.56. The van der Waals surface area contributed by atoms with E-state index in [0.717, 1.165) is 18.1 Å². The smallest absolute Gasteiger partial charge is 0.151 e. The van der Waals surface area contributed by atoms with Gasteiger partial charge >= 0.3 is 0 Å². The zero-order valence-corrected chi connectivity index (χ0v) is 11.1. The van der Waals surface area contributed by atoms with E-state index in [9.17, 15) is 0 Å². The normalized spacial score (nSPS) is 23.9. The first-order valence-corrected chi connectivity index (χ1v) is 7.13. The fraction of sp³-hybridized carbons (Fsp3) is 0.714. The SMILES string of the molecule is Cc1ccc(N(CC2CCCCN2)C2CC2)nn1. The van der Waals surface area contributed by atoms with Crippen LogP contribution in [0.1, 0.15) is 37.8 Å². The third-order valence-electron chi connectivity index (χ3n) is 3.90. The Balaban J connectivity index is 1.69. The summed E-state index contributed by atoms with van der Waals surface area (Å²) in [7, 11) is 0. The predicted molar refractivity (Wildman–Crippen MR) is 72.8 cm³/mol. The van der Waals surface area contributed by atoms with E-state index in [1.807, 2.05) is 6.92 Å². The summed E-state index contributed by atoms with van der Waals surface area (Å²) < 4.78 is 0. The van der Waals surface area contributed by atoms with Crippen LogP contribution in [0.2, 0.25) is 0 Å². The van der Waals surface area contributed by atoms with Crippen molar-refractivity contribution in [3.05, 3.63) is 17.8 Å². The lowest BCUT2D eigenvalue weighted by atomic mass is 10.0. The molecular formula is C14H22N4. The molecule has 0 amide bonds. The number of rotatable bonds is 4. The maximum atomic E-state index is 4.35. The topological polar surface area (TPSA) is 41.0 Å². The summed E-state index contributed by atoms with van der Waals surface area (Å²) in [5.74, 6) is 1.05. The molecule has 1 atom stereocenters. The molecular weight excluding hydrogens is 224 g/mol. The summed E-state index contributed by atoms with van der Waals surface area (Å²) in [6.45, 7) is 4.24. The average molecular weight is 246 g/mol. The Labute approximate surface area is 109 Å². The Morgan fingerprint density at radius 2 is 2.11 bits per heavy atom. The third kappa shape index (κ3) is 2.80. The third-order valence-corrected chi connectivity index (χ3v) is 3.90. The van der Waals surface area contributed by atoms with Gasteiger partial charge in [-0.3, -0.25) is 0 Å².